The van der Waals surface area contributed by atoms with Gasteiger partial charge in [-0.1, -0.05) is 18.6 Å². The van der Waals surface area contributed by atoms with Gasteiger partial charge < -0.3 is 10.4 Å². The van der Waals surface area contributed by atoms with Crippen molar-refractivity contribution < 1.29 is 9.50 Å². The molecule has 0 saturated carbocycles. The van der Waals surface area contributed by atoms with Crippen LogP contribution in [0.5, 0.6) is 0 Å². The first kappa shape index (κ1) is 13.5. The Morgan fingerprint density at radius 2 is 2.05 bits per heavy atom. The first-order valence-corrected chi connectivity index (χ1v) is 7.25. The third kappa shape index (κ3) is 2.44. The van der Waals surface area contributed by atoms with Gasteiger partial charge in [-0.05, 0) is 37.3 Å². The molecule has 3 rings (SSSR count). The van der Waals surface area contributed by atoms with E-state index < -0.39 is 5.60 Å². The number of fused-ring (bicyclic) bond motifs is 2. The molecule has 2 aliphatic rings. The number of nitrogens with zero attached hydrogens (tertiary/aromatic N) is 1. The van der Waals surface area contributed by atoms with Crippen molar-refractivity contribution in [1.82, 2.24) is 5.32 Å². The molecule has 106 valence electrons. The van der Waals surface area contributed by atoms with Gasteiger partial charge in [0.1, 0.15) is 5.82 Å². The van der Waals surface area contributed by atoms with Gasteiger partial charge in [0, 0.05) is 17.6 Å². The summed E-state index contributed by atoms with van der Waals surface area (Å²) >= 11 is 0. The second-order valence-electron chi connectivity index (χ2n) is 6.07. The fraction of sp³-hybridized carbons (Fsp3) is 0.562. The van der Waals surface area contributed by atoms with E-state index in [1.54, 1.807) is 12.1 Å². The molecule has 1 aromatic rings. The number of nitriles is 1. The molecule has 2 atom stereocenters. The van der Waals surface area contributed by atoms with Gasteiger partial charge in [0.15, 0.2) is 0 Å². The molecule has 2 N–H and O–H groups in total. The Morgan fingerprint density at radius 1 is 1.35 bits per heavy atom. The summed E-state index contributed by atoms with van der Waals surface area (Å²) in [7, 11) is 0. The normalized spacial score (nSPS) is 32.6. The van der Waals surface area contributed by atoms with Crippen molar-refractivity contribution in [1.29, 1.82) is 5.26 Å². The van der Waals surface area contributed by atoms with Crippen molar-refractivity contribution in [3.8, 4) is 6.07 Å². The van der Waals surface area contributed by atoms with Crippen LogP contribution >= 0.6 is 0 Å². The van der Waals surface area contributed by atoms with Crippen LogP contribution in [0, 0.1) is 17.1 Å². The summed E-state index contributed by atoms with van der Waals surface area (Å²) in [5.74, 6) is -0.388. The third-order valence-corrected chi connectivity index (χ3v) is 4.60. The van der Waals surface area contributed by atoms with Crippen LogP contribution in [-0.4, -0.2) is 17.2 Å². The molecule has 1 aromatic carbocycles. The summed E-state index contributed by atoms with van der Waals surface area (Å²) in [4.78, 5) is 0. The molecule has 3 nitrogen and oxygen atoms in total. The molecule has 20 heavy (non-hydrogen) atoms. The summed E-state index contributed by atoms with van der Waals surface area (Å²) < 4.78 is 14.0. The van der Waals surface area contributed by atoms with E-state index in [0.717, 1.165) is 12.8 Å². The first-order chi connectivity index (χ1) is 9.60. The topological polar surface area (TPSA) is 56.0 Å². The van der Waals surface area contributed by atoms with Crippen molar-refractivity contribution in [3.05, 3.63) is 35.1 Å². The summed E-state index contributed by atoms with van der Waals surface area (Å²) in [6.45, 7) is 0. The van der Waals surface area contributed by atoms with Gasteiger partial charge in [0.05, 0.1) is 18.1 Å². The number of piperidine rings is 2. The van der Waals surface area contributed by atoms with Gasteiger partial charge in [-0.2, -0.15) is 5.26 Å². The van der Waals surface area contributed by atoms with Crippen LogP contribution in [0.15, 0.2) is 18.2 Å². The lowest BCUT2D eigenvalue weighted by molar-refractivity contribution is -0.0360. The minimum atomic E-state index is -0.937. The number of rotatable bonds is 2. The number of benzene rings is 1. The molecule has 2 heterocycles. The van der Waals surface area contributed by atoms with E-state index in [0.29, 0.717) is 36.1 Å². The van der Waals surface area contributed by atoms with Gasteiger partial charge >= 0.3 is 0 Å². The Balaban J connectivity index is 1.88. The zero-order valence-electron chi connectivity index (χ0n) is 11.4. The summed E-state index contributed by atoms with van der Waals surface area (Å²) in [5.41, 5.74) is 0.108. The molecule has 4 heteroatoms. The molecule has 0 spiro atoms. The number of aliphatic hydroxyl groups is 1. The molecule has 0 aromatic heterocycles. The maximum absolute atomic E-state index is 14.0. The fourth-order valence-corrected chi connectivity index (χ4v) is 3.63. The van der Waals surface area contributed by atoms with Crippen LogP contribution in [0.2, 0.25) is 0 Å². The smallest absolute Gasteiger partial charge is 0.127 e. The number of hydrogen-bond acceptors (Lipinski definition) is 3. The van der Waals surface area contributed by atoms with E-state index in [1.165, 1.54) is 12.5 Å². The van der Waals surface area contributed by atoms with E-state index in [4.69, 9.17) is 5.26 Å². The van der Waals surface area contributed by atoms with Gasteiger partial charge in [0.2, 0.25) is 0 Å². The van der Waals surface area contributed by atoms with E-state index in [9.17, 15) is 9.50 Å². The molecule has 2 unspecified atom stereocenters. The fourth-order valence-electron chi connectivity index (χ4n) is 3.63. The highest BCUT2D eigenvalue weighted by atomic mass is 19.1. The number of halogens is 1. The maximum atomic E-state index is 14.0. The molecule has 0 amide bonds. The maximum Gasteiger partial charge on any atom is 0.127 e. The van der Waals surface area contributed by atoms with Crippen molar-refractivity contribution in [2.24, 2.45) is 0 Å². The van der Waals surface area contributed by atoms with E-state index in [2.05, 4.69) is 5.32 Å². The summed E-state index contributed by atoms with van der Waals surface area (Å²) in [6, 6.07) is 7.42. The predicted octanol–water partition coefficient (Wildman–Crippen LogP) is 2.38. The van der Waals surface area contributed by atoms with Crippen LogP contribution < -0.4 is 5.32 Å². The summed E-state index contributed by atoms with van der Waals surface area (Å²) in [6.07, 6.45) is 4.70. The minimum Gasteiger partial charge on any atom is -0.385 e. The van der Waals surface area contributed by atoms with Crippen LogP contribution in [0.1, 0.15) is 43.2 Å². The highest BCUT2D eigenvalue weighted by Gasteiger charge is 2.41. The van der Waals surface area contributed by atoms with Crippen LogP contribution in [0.4, 0.5) is 4.39 Å². The van der Waals surface area contributed by atoms with Crippen molar-refractivity contribution in [3.63, 3.8) is 0 Å². The monoisotopic (exact) mass is 274 g/mol. The lowest BCUT2D eigenvalue weighted by Crippen LogP contribution is -2.54. The molecule has 2 fully saturated rings. The third-order valence-electron chi connectivity index (χ3n) is 4.60. The molecule has 2 bridgehead atoms. The van der Waals surface area contributed by atoms with Gasteiger partial charge in [0.25, 0.3) is 0 Å². The molecule has 2 aliphatic heterocycles. The van der Waals surface area contributed by atoms with Crippen molar-refractivity contribution in [2.75, 3.05) is 0 Å². The molecule has 2 saturated heterocycles. The Hall–Kier alpha value is -1.44. The Morgan fingerprint density at radius 3 is 2.65 bits per heavy atom. The average molecular weight is 274 g/mol. The second-order valence-corrected chi connectivity index (χ2v) is 6.07. The van der Waals surface area contributed by atoms with Gasteiger partial charge in [-0.15, -0.1) is 0 Å². The Kier molecular flexibility index (Phi) is 3.49. The lowest BCUT2D eigenvalue weighted by atomic mass is 9.74. The highest BCUT2D eigenvalue weighted by molar-refractivity contribution is 5.31. The van der Waals surface area contributed by atoms with Crippen LogP contribution in [-0.2, 0) is 12.0 Å². The summed E-state index contributed by atoms with van der Waals surface area (Å²) in [5, 5.41) is 23.1. The minimum absolute atomic E-state index is 0.0668. The Bertz CT molecular complexity index is 540. The van der Waals surface area contributed by atoms with Crippen LogP contribution in [0.3, 0.4) is 0 Å². The predicted molar refractivity (Wildman–Crippen MR) is 73.4 cm³/mol. The van der Waals surface area contributed by atoms with E-state index in [1.807, 2.05) is 6.07 Å². The van der Waals surface area contributed by atoms with E-state index >= 15 is 0 Å². The largest absolute Gasteiger partial charge is 0.385 e. The zero-order valence-corrected chi connectivity index (χ0v) is 11.4. The van der Waals surface area contributed by atoms with Crippen molar-refractivity contribution >= 4 is 0 Å². The quantitative estimate of drug-likeness (QED) is 0.870. The number of nitrogens with one attached hydrogen (secondary N) is 1. The Labute approximate surface area is 118 Å². The second kappa shape index (κ2) is 5.16. The molecular weight excluding hydrogens is 255 g/mol. The van der Waals surface area contributed by atoms with Gasteiger partial charge in [-0.3, -0.25) is 0 Å². The lowest BCUT2D eigenvalue weighted by Gasteiger charge is -2.45. The zero-order chi connectivity index (χ0) is 14.2. The molecular formula is C16H19FN2O. The van der Waals surface area contributed by atoms with Gasteiger partial charge in [-0.25, -0.2) is 4.39 Å². The first-order valence-electron chi connectivity index (χ1n) is 7.25. The molecule has 0 radical (unpaired) electrons. The van der Waals surface area contributed by atoms with E-state index in [-0.39, 0.29) is 12.2 Å². The highest BCUT2D eigenvalue weighted by Crippen LogP contribution is 2.39. The average Bonchev–Trinajstić information content (AvgIpc) is 2.40. The van der Waals surface area contributed by atoms with Crippen LogP contribution in [0.25, 0.3) is 0 Å². The van der Waals surface area contributed by atoms with Crippen molar-refractivity contribution in [2.45, 2.75) is 56.2 Å². The molecule has 0 aliphatic carbocycles. The SMILES string of the molecule is N#CCc1ccc(C2(O)CC3CCCC(C2)N3)cc1F. The number of hydrogen-bond donors (Lipinski definition) is 2. The standard InChI is InChI=1S/C16H19FN2O/c17-15-8-12(5-4-11(15)6-7-18)16(20)9-13-2-1-3-14(10-16)19-13/h4-5,8,13-14,19-20H,1-3,6,9-10H2.